The SMILES string of the molecule is CC(=S)NC1CCCc2ccccc21. The average molecular weight is 205 g/mol. The summed E-state index contributed by atoms with van der Waals surface area (Å²) in [5.74, 6) is 0. The molecule has 0 saturated heterocycles. The van der Waals surface area contributed by atoms with Crippen molar-refractivity contribution in [1.29, 1.82) is 0 Å². The van der Waals surface area contributed by atoms with Gasteiger partial charge in [0, 0.05) is 0 Å². The van der Waals surface area contributed by atoms with Crippen LogP contribution in [-0.2, 0) is 6.42 Å². The van der Waals surface area contributed by atoms with Crippen molar-refractivity contribution in [3.63, 3.8) is 0 Å². The van der Waals surface area contributed by atoms with Crippen LogP contribution >= 0.6 is 12.2 Å². The average Bonchev–Trinajstić information content (AvgIpc) is 2.18. The maximum atomic E-state index is 5.09. The van der Waals surface area contributed by atoms with E-state index in [1.165, 1.54) is 30.4 Å². The molecule has 0 spiro atoms. The van der Waals surface area contributed by atoms with Crippen LogP contribution < -0.4 is 5.32 Å². The van der Waals surface area contributed by atoms with Gasteiger partial charge in [0.25, 0.3) is 0 Å². The highest BCUT2D eigenvalue weighted by Crippen LogP contribution is 2.29. The molecular formula is C12H15NS. The second-order valence-electron chi connectivity index (χ2n) is 3.84. The van der Waals surface area contributed by atoms with Gasteiger partial charge in [0.1, 0.15) is 0 Å². The summed E-state index contributed by atoms with van der Waals surface area (Å²) in [5, 5.41) is 3.37. The number of benzene rings is 1. The predicted molar refractivity (Wildman–Crippen MR) is 63.5 cm³/mol. The monoisotopic (exact) mass is 205 g/mol. The minimum atomic E-state index is 0.442. The lowest BCUT2D eigenvalue weighted by atomic mass is 9.88. The standard InChI is InChI=1S/C12H15NS/c1-9(14)13-12-8-4-6-10-5-2-3-7-11(10)12/h2-3,5,7,12H,4,6,8H2,1H3,(H,13,14). The van der Waals surface area contributed by atoms with E-state index in [9.17, 15) is 0 Å². The molecule has 1 N–H and O–H groups in total. The molecule has 2 heteroatoms. The molecule has 0 radical (unpaired) electrons. The molecule has 1 nitrogen and oxygen atoms in total. The Morgan fingerprint density at radius 2 is 2.21 bits per heavy atom. The molecule has 2 rings (SSSR count). The molecule has 0 amide bonds. The van der Waals surface area contributed by atoms with E-state index in [2.05, 4.69) is 29.6 Å². The lowest BCUT2D eigenvalue weighted by molar-refractivity contribution is 0.529. The third-order valence-corrected chi connectivity index (χ3v) is 2.86. The van der Waals surface area contributed by atoms with Gasteiger partial charge < -0.3 is 5.32 Å². The van der Waals surface area contributed by atoms with Crippen LogP contribution in [0.25, 0.3) is 0 Å². The zero-order valence-corrected chi connectivity index (χ0v) is 9.23. The Morgan fingerprint density at radius 1 is 1.43 bits per heavy atom. The van der Waals surface area contributed by atoms with Crippen LogP contribution in [0.4, 0.5) is 0 Å². The maximum Gasteiger partial charge on any atom is 0.0726 e. The summed E-state index contributed by atoms with van der Waals surface area (Å²) in [6.07, 6.45) is 3.67. The fraction of sp³-hybridized carbons (Fsp3) is 0.417. The van der Waals surface area contributed by atoms with Gasteiger partial charge in [0.05, 0.1) is 11.0 Å². The molecule has 1 aliphatic carbocycles. The van der Waals surface area contributed by atoms with E-state index in [1.54, 1.807) is 0 Å². The largest absolute Gasteiger partial charge is 0.373 e. The Bertz CT molecular complexity index is 346. The van der Waals surface area contributed by atoms with Gasteiger partial charge in [-0.05, 0) is 37.3 Å². The van der Waals surface area contributed by atoms with Crippen molar-refractivity contribution in [3.05, 3.63) is 35.4 Å². The minimum Gasteiger partial charge on any atom is -0.373 e. The lowest BCUT2D eigenvalue weighted by Gasteiger charge is -2.26. The molecule has 1 aromatic rings. The van der Waals surface area contributed by atoms with Crippen molar-refractivity contribution in [3.8, 4) is 0 Å². The maximum absolute atomic E-state index is 5.09. The number of nitrogens with one attached hydrogen (secondary N) is 1. The van der Waals surface area contributed by atoms with Gasteiger partial charge in [-0.2, -0.15) is 0 Å². The molecule has 74 valence electrons. The van der Waals surface area contributed by atoms with Crippen LogP contribution in [0.2, 0.25) is 0 Å². The van der Waals surface area contributed by atoms with Crippen molar-refractivity contribution < 1.29 is 0 Å². The summed E-state index contributed by atoms with van der Waals surface area (Å²) < 4.78 is 0. The molecule has 14 heavy (non-hydrogen) atoms. The molecule has 0 aliphatic heterocycles. The van der Waals surface area contributed by atoms with Crippen LogP contribution in [0, 0.1) is 0 Å². The second-order valence-corrected chi connectivity index (χ2v) is 4.46. The highest BCUT2D eigenvalue weighted by Gasteiger charge is 2.18. The number of hydrogen-bond acceptors (Lipinski definition) is 1. The summed E-state index contributed by atoms with van der Waals surface area (Å²) in [6.45, 7) is 1.95. The van der Waals surface area contributed by atoms with Crippen LogP contribution in [0.5, 0.6) is 0 Å². The molecule has 1 aromatic carbocycles. The number of thiocarbonyl (C=S) groups is 1. The fourth-order valence-electron chi connectivity index (χ4n) is 2.15. The molecule has 0 aromatic heterocycles. The molecule has 0 bridgehead atoms. The molecule has 0 fully saturated rings. The second kappa shape index (κ2) is 4.09. The van der Waals surface area contributed by atoms with Gasteiger partial charge in [-0.1, -0.05) is 36.5 Å². The highest BCUT2D eigenvalue weighted by molar-refractivity contribution is 7.80. The van der Waals surface area contributed by atoms with Crippen LogP contribution in [0.3, 0.4) is 0 Å². The quantitative estimate of drug-likeness (QED) is 0.707. The minimum absolute atomic E-state index is 0.442. The third-order valence-electron chi connectivity index (χ3n) is 2.75. The summed E-state index contributed by atoms with van der Waals surface area (Å²) in [5.41, 5.74) is 2.91. The van der Waals surface area contributed by atoms with E-state index >= 15 is 0 Å². The first-order valence-electron chi connectivity index (χ1n) is 5.12. The Hall–Kier alpha value is -0.890. The van der Waals surface area contributed by atoms with E-state index in [-0.39, 0.29) is 0 Å². The number of fused-ring (bicyclic) bond motifs is 1. The molecule has 1 aliphatic rings. The van der Waals surface area contributed by atoms with Crippen LogP contribution in [0.15, 0.2) is 24.3 Å². The van der Waals surface area contributed by atoms with Crippen molar-refractivity contribution in [1.82, 2.24) is 5.32 Å². The zero-order valence-electron chi connectivity index (χ0n) is 8.42. The Kier molecular flexibility index (Phi) is 2.82. The molecule has 1 unspecified atom stereocenters. The van der Waals surface area contributed by atoms with Crippen molar-refractivity contribution >= 4 is 17.2 Å². The van der Waals surface area contributed by atoms with Gasteiger partial charge in [-0.25, -0.2) is 0 Å². The smallest absolute Gasteiger partial charge is 0.0726 e. The first kappa shape index (κ1) is 9.66. The number of hydrogen-bond donors (Lipinski definition) is 1. The predicted octanol–water partition coefficient (Wildman–Crippen LogP) is 3.00. The van der Waals surface area contributed by atoms with Crippen molar-refractivity contribution in [2.45, 2.75) is 32.2 Å². The van der Waals surface area contributed by atoms with E-state index in [1.807, 2.05) is 6.92 Å². The number of rotatable bonds is 1. The third kappa shape index (κ3) is 1.95. The summed E-state index contributed by atoms with van der Waals surface area (Å²) in [4.78, 5) is 0.895. The van der Waals surface area contributed by atoms with Gasteiger partial charge in [-0.3, -0.25) is 0 Å². The van der Waals surface area contributed by atoms with Crippen LogP contribution in [-0.4, -0.2) is 4.99 Å². The number of aryl methyl sites for hydroxylation is 1. The molecule has 0 saturated carbocycles. The molecule has 1 atom stereocenters. The van der Waals surface area contributed by atoms with E-state index in [4.69, 9.17) is 12.2 Å². The van der Waals surface area contributed by atoms with Crippen molar-refractivity contribution in [2.75, 3.05) is 0 Å². The fourth-order valence-corrected chi connectivity index (χ4v) is 2.29. The first-order chi connectivity index (χ1) is 6.77. The summed E-state index contributed by atoms with van der Waals surface area (Å²) in [6, 6.07) is 9.10. The first-order valence-corrected chi connectivity index (χ1v) is 5.53. The lowest BCUT2D eigenvalue weighted by Crippen LogP contribution is -2.27. The summed E-state index contributed by atoms with van der Waals surface area (Å²) >= 11 is 5.09. The summed E-state index contributed by atoms with van der Waals surface area (Å²) in [7, 11) is 0. The van der Waals surface area contributed by atoms with Gasteiger partial charge in [0.2, 0.25) is 0 Å². The Balaban J connectivity index is 2.26. The van der Waals surface area contributed by atoms with E-state index in [0.717, 1.165) is 4.99 Å². The van der Waals surface area contributed by atoms with Gasteiger partial charge in [0.15, 0.2) is 0 Å². The van der Waals surface area contributed by atoms with Gasteiger partial charge in [-0.15, -0.1) is 0 Å². The Labute approximate surface area is 90.5 Å². The normalized spacial score (nSPS) is 19.9. The van der Waals surface area contributed by atoms with E-state index < -0.39 is 0 Å². The van der Waals surface area contributed by atoms with E-state index in [0.29, 0.717) is 6.04 Å². The molecule has 0 heterocycles. The van der Waals surface area contributed by atoms with Crippen molar-refractivity contribution in [2.24, 2.45) is 0 Å². The van der Waals surface area contributed by atoms with Gasteiger partial charge >= 0.3 is 0 Å². The Morgan fingerprint density at radius 3 is 3.00 bits per heavy atom. The highest BCUT2D eigenvalue weighted by atomic mass is 32.1. The van der Waals surface area contributed by atoms with Crippen LogP contribution in [0.1, 0.15) is 36.9 Å². The zero-order chi connectivity index (χ0) is 9.97. The topological polar surface area (TPSA) is 12.0 Å². The molecular weight excluding hydrogens is 190 g/mol.